The minimum Gasteiger partial charge on any atom is -0.480 e. The van der Waals surface area contributed by atoms with Gasteiger partial charge in [-0.25, -0.2) is 4.79 Å². The number of thioether (sulfide) groups is 1. The molecule has 0 aliphatic carbocycles. The van der Waals surface area contributed by atoms with Gasteiger partial charge in [0, 0.05) is 12.2 Å². The number of carbonyl (C=O) groups is 1. The highest BCUT2D eigenvalue weighted by molar-refractivity contribution is 8.14. The van der Waals surface area contributed by atoms with Crippen LogP contribution in [-0.4, -0.2) is 34.5 Å². The number of carboxylic acids is 1. The van der Waals surface area contributed by atoms with E-state index in [0.717, 1.165) is 5.04 Å². The molecule has 5 heteroatoms. The summed E-state index contributed by atoms with van der Waals surface area (Å²) in [4.78, 5) is 14.4. The van der Waals surface area contributed by atoms with Crippen LogP contribution in [-0.2, 0) is 4.79 Å². The standard InChI is InChI=1S/C6H10N2O2S/c7-2-1-5-8-4(3-11-5)6(9)10/h4H,1-3,7H2,(H,9,10). The largest absolute Gasteiger partial charge is 0.480 e. The van der Waals surface area contributed by atoms with Gasteiger partial charge in [-0.15, -0.1) is 11.8 Å². The summed E-state index contributed by atoms with van der Waals surface area (Å²) in [7, 11) is 0. The highest BCUT2D eigenvalue weighted by atomic mass is 32.2. The summed E-state index contributed by atoms with van der Waals surface area (Å²) in [6.45, 7) is 0.540. The number of carboxylic acid groups (broad SMARTS) is 1. The Morgan fingerprint density at radius 1 is 1.91 bits per heavy atom. The van der Waals surface area contributed by atoms with Crippen molar-refractivity contribution in [2.45, 2.75) is 12.5 Å². The second-order valence-corrected chi connectivity index (χ2v) is 3.32. The van der Waals surface area contributed by atoms with Crippen molar-refractivity contribution >= 4 is 22.8 Å². The molecule has 62 valence electrons. The molecule has 0 amide bonds. The van der Waals surface area contributed by atoms with Crippen LogP contribution in [0.5, 0.6) is 0 Å². The first kappa shape index (κ1) is 8.55. The maximum atomic E-state index is 10.4. The van der Waals surface area contributed by atoms with Gasteiger partial charge in [0.2, 0.25) is 0 Å². The summed E-state index contributed by atoms with van der Waals surface area (Å²) in [5.41, 5.74) is 5.29. The molecule has 3 N–H and O–H groups in total. The lowest BCUT2D eigenvalue weighted by molar-refractivity contribution is -0.137. The number of aliphatic imine (C=N–C) groups is 1. The second kappa shape index (κ2) is 3.73. The van der Waals surface area contributed by atoms with Crippen molar-refractivity contribution in [3.05, 3.63) is 0 Å². The van der Waals surface area contributed by atoms with Crippen LogP contribution in [0.1, 0.15) is 6.42 Å². The van der Waals surface area contributed by atoms with Crippen LogP contribution in [0, 0.1) is 0 Å². The topological polar surface area (TPSA) is 75.7 Å². The van der Waals surface area contributed by atoms with E-state index in [9.17, 15) is 4.79 Å². The van der Waals surface area contributed by atoms with E-state index in [2.05, 4.69) is 4.99 Å². The molecule has 1 aliphatic heterocycles. The maximum absolute atomic E-state index is 10.4. The molecule has 0 aromatic rings. The molecule has 0 radical (unpaired) electrons. The maximum Gasteiger partial charge on any atom is 0.329 e. The van der Waals surface area contributed by atoms with E-state index in [1.165, 1.54) is 11.8 Å². The third kappa shape index (κ3) is 2.20. The molecular formula is C6H10N2O2S. The summed E-state index contributed by atoms with van der Waals surface area (Å²) in [6.07, 6.45) is 0.703. The number of hydrogen-bond acceptors (Lipinski definition) is 4. The van der Waals surface area contributed by atoms with E-state index in [1.807, 2.05) is 0 Å². The van der Waals surface area contributed by atoms with E-state index < -0.39 is 12.0 Å². The molecule has 0 aromatic carbocycles. The molecule has 1 unspecified atom stereocenters. The number of rotatable bonds is 3. The summed E-state index contributed by atoms with van der Waals surface area (Å²) in [6, 6.07) is -0.540. The van der Waals surface area contributed by atoms with Crippen LogP contribution >= 0.6 is 11.8 Å². The number of hydrogen-bond donors (Lipinski definition) is 2. The van der Waals surface area contributed by atoms with Crippen molar-refractivity contribution in [2.75, 3.05) is 12.3 Å². The molecule has 0 saturated heterocycles. The molecule has 1 rings (SSSR count). The van der Waals surface area contributed by atoms with Crippen LogP contribution in [0.15, 0.2) is 4.99 Å². The normalized spacial score (nSPS) is 23.4. The van der Waals surface area contributed by atoms with Crippen molar-refractivity contribution in [3.63, 3.8) is 0 Å². The predicted molar refractivity (Wildman–Crippen MR) is 45.0 cm³/mol. The lowest BCUT2D eigenvalue weighted by atomic mass is 10.3. The predicted octanol–water partition coefficient (Wildman–Crippen LogP) is -0.0663. The van der Waals surface area contributed by atoms with Gasteiger partial charge in [-0.3, -0.25) is 4.99 Å². The molecule has 1 atom stereocenters. The van der Waals surface area contributed by atoms with Crippen LogP contribution in [0.25, 0.3) is 0 Å². The lowest BCUT2D eigenvalue weighted by Crippen LogP contribution is -2.17. The van der Waals surface area contributed by atoms with Gasteiger partial charge in [0.05, 0.1) is 5.04 Å². The molecule has 4 nitrogen and oxygen atoms in total. The zero-order chi connectivity index (χ0) is 8.27. The lowest BCUT2D eigenvalue weighted by Gasteiger charge is -1.94. The van der Waals surface area contributed by atoms with Crippen LogP contribution < -0.4 is 5.73 Å². The first-order chi connectivity index (χ1) is 5.24. The average molecular weight is 174 g/mol. The highest BCUT2D eigenvalue weighted by Gasteiger charge is 2.23. The Morgan fingerprint density at radius 3 is 3.09 bits per heavy atom. The van der Waals surface area contributed by atoms with Crippen molar-refractivity contribution in [1.82, 2.24) is 0 Å². The Hall–Kier alpha value is -0.550. The number of nitrogens with two attached hydrogens (primary N) is 1. The summed E-state index contributed by atoms with van der Waals surface area (Å²) in [5.74, 6) is -0.283. The van der Waals surface area contributed by atoms with E-state index in [0.29, 0.717) is 18.7 Å². The molecule has 1 aliphatic rings. The molecule has 11 heavy (non-hydrogen) atoms. The average Bonchev–Trinajstić information content (AvgIpc) is 2.37. The summed E-state index contributed by atoms with van der Waals surface area (Å²) >= 11 is 1.49. The Morgan fingerprint density at radius 2 is 2.64 bits per heavy atom. The minimum atomic E-state index is -0.843. The van der Waals surface area contributed by atoms with Crippen molar-refractivity contribution in [1.29, 1.82) is 0 Å². The molecular weight excluding hydrogens is 164 g/mol. The number of nitrogens with zero attached hydrogens (tertiary/aromatic N) is 1. The Kier molecular flexibility index (Phi) is 2.90. The SMILES string of the molecule is NCCC1=NC(C(=O)O)CS1. The van der Waals surface area contributed by atoms with Gasteiger partial charge in [-0.2, -0.15) is 0 Å². The van der Waals surface area contributed by atoms with Gasteiger partial charge in [-0.05, 0) is 6.54 Å². The first-order valence-corrected chi connectivity index (χ1v) is 4.35. The van der Waals surface area contributed by atoms with Gasteiger partial charge in [0.1, 0.15) is 0 Å². The van der Waals surface area contributed by atoms with Gasteiger partial charge in [-0.1, -0.05) is 0 Å². The molecule has 0 saturated carbocycles. The molecule has 0 bridgehead atoms. The summed E-state index contributed by atoms with van der Waals surface area (Å²) < 4.78 is 0. The zero-order valence-corrected chi connectivity index (χ0v) is 6.80. The van der Waals surface area contributed by atoms with E-state index in [-0.39, 0.29) is 0 Å². The minimum absolute atomic E-state index is 0.540. The molecule has 0 aromatic heterocycles. The monoisotopic (exact) mass is 174 g/mol. The fraction of sp³-hybridized carbons (Fsp3) is 0.667. The van der Waals surface area contributed by atoms with Crippen LogP contribution in [0.2, 0.25) is 0 Å². The Labute approximate surface area is 68.9 Å². The smallest absolute Gasteiger partial charge is 0.329 e. The highest BCUT2D eigenvalue weighted by Crippen LogP contribution is 2.19. The fourth-order valence-electron chi connectivity index (χ4n) is 0.810. The van der Waals surface area contributed by atoms with Crippen LogP contribution in [0.4, 0.5) is 0 Å². The fourth-order valence-corrected chi connectivity index (χ4v) is 1.84. The van der Waals surface area contributed by atoms with Gasteiger partial charge in [0.25, 0.3) is 0 Å². The summed E-state index contributed by atoms with van der Waals surface area (Å²) in [5, 5.41) is 9.42. The van der Waals surface area contributed by atoms with Gasteiger partial charge < -0.3 is 10.8 Å². The van der Waals surface area contributed by atoms with Crippen LogP contribution in [0.3, 0.4) is 0 Å². The van der Waals surface area contributed by atoms with E-state index in [4.69, 9.17) is 10.8 Å². The third-order valence-electron chi connectivity index (χ3n) is 1.35. The number of aliphatic carboxylic acids is 1. The molecule has 0 fully saturated rings. The van der Waals surface area contributed by atoms with E-state index in [1.54, 1.807) is 0 Å². The first-order valence-electron chi connectivity index (χ1n) is 3.36. The van der Waals surface area contributed by atoms with Gasteiger partial charge in [0.15, 0.2) is 6.04 Å². The third-order valence-corrected chi connectivity index (χ3v) is 2.48. The van der Waals surface area contributed by atoms with E-state index >= 15 is 0 Å². The van der Waals surface area contributed by atoms with Crippen molar-refractivity contribution < 1.29 is 9.90 Å². The zero-order valence-electron chi connectivity index (χ0n) is 5.99. The van der Waals surface area contributed by atoms with Crippen molar-refractivity contribution in [2.24, 2.45) is 10.7 Å². The Bertz CT molecular complexity index is 193. The molecule has 1 heterocycles. The Balaban J connectivity index is 2.47. The van der Waals surface area contributed by atoms with Gasteiger partial charge >= 0.3 is 5.97 Å². The second-order valence-electron chi connectivity index (χ2n) is 2.23. The quantitative estimate of drug-likeness (QED) is 0.628. The van der Waals surface area contributed by atoms with Crippen molar-refractivity contribution in [3.8, 4) is 0 Å². The molecule has 0 spiro atoms.